The third-order valence-electron chi connectivity index (χ3n) is 16.2. The van der Waals surface area contributed by atoms with Gasteiger partial charge >= 0.3 is 17.9 Å². The first kappa shape index (κ1) is 78.8. The molecule has 0 amide bonds. The zero-order valence-corrected chi connectivity index (χ0v) is 54.7. The Morgan fingerprint density at radius 2 is 0.667 bits per heavy atom. The summed E-state index contributed by atoms with van der Waals surface area (Å²) in [6.45, 7) is 4.91. The molecule has 0 radical (unpaired) electrons. The Labute approximate surface area is 503 Å². The molecule has 0 aromatic rings. The van der Waals surface area contributed by atoms with E-state index in [9.17, 15) is 19.5 Å². The molecule has 1 N–H and O–H groups in total. The minimum absolute atomic E-state index is 0.178. The standard InChI is InChI=1S/C72H137NO8/c1-6-8-10-12-14-16-18-20-22-24-26-27-28-29-30-31-32-33-34-35-36-37-38-39-40-41-42-43-45-46-48-50-52-54-56-58-60-62-69(74)79-66-68(67-80-72(71(76)77)78-65-64-73(3,4)5)81-70(75)63-61-59-57-55-53-51-49-47-44-25-23-21-19-17-15-13-11-9-7-2/h15,17,21,23,68,72H,6-14,16,18-20,22,24-67H2,1-5H3/p+1/b17-15-,23-21-. The number of likely N-dealkylation sites (N-methyl/N-ethyl adjacent to an activating group) is 1. The molecule has 9 nitrogen and oxygen atoms in total. The highest BCUT2D eigenvalue weighted by Crippen LogP contribution is 2.19. The molecule has 0 saturated carbocycles. The SMILES string of the molecule is CCCCC/C=C\C/C=C\CCCCCCCCCCCC(=O)OC(COC(=O)CCCCCCCCCCCCCCCCCCCCCCCCCCCCCCCCCCCCCCC)COC(OCC[N+](C)(C)C)C(=O)O. The van der Waals surface area contributed by atoms with Gasteiger partial charge < -0.3 is 28.5 Å². The Morgan fingerprint density at radius 1 is 0.370 bits per heavy atom. The molecule has 478 valence electrons. The number of unbranched alkanes of at least 4 members (excludes halogenated alkanes) is 48. The van der Waals surface area contributed by atoms with Gasteiger partial charge in [-0.1, -0.05) is 327 Å². The van der Waals surface area contributed by atoms with Crippen LogP contribution in [0.3, 0.4) is 0 Å². The molecule has 0 saturated heterocycles. The molecule has 81 heavy (non-hydrogen) atoms. The second-order valence-corrected chi connectivity index (χ2v) is 25.6. The second-order valence-electron chi connectivity index (χ2n) is 25.6. The second kappa shape index (κ2) is 63.8. The molecule has 9 heteroatoms. The van der Waals surface area contributed by atoms with Gasteiger partial charge in [0.15, 0.2) is 6.10 Å². The number of ether oxygens (including phenoxy) is 4. The summed E-state index contributed by atoms with van der Waals surface area (Å²) in [6, 6.07) is 0. The fraction of sp³-hybridized carbons (Fsp3) is 0.903. The minimum atomic E-state index is -1.51. The number of carboxylic acid groups (broad SMARTS) is 1. The first-order valence-corrected chi connectivity index (χ1v) is 35.5. The lowest BCUT2D eigenvalue weighted by Gasteiger charge is -2.25. The number of carboxylic acids is 1. The van der Waals surface area contributed by atoms with E-state index in [1.807, 2.05) is 21.1 Å². The first-order chi connectivity index (χ1) is 39.6. The van der Waals surface area contributed by atoms with Crippen molar-refractivity contribution in [2.75, 3.05) is 47.5 Å². The van der Waals surface area contributed by atoms with Gasteiger partial charge in [-0.15, -0.1) is 0 Å². The lowest BCUT2D eigenvalue weighted by molar-refractivity contribution is -0.870. The van der Waals surface area contributed by atoms with E-state index in [1.54, 1.807) is 0 Å². The lowest BCUT2D eigenvalue weighted by Crippen LogP contribution is -2.40. The fourth-order valence-corrected chi connectivity index (χ4v) is 10.8. The summed E-state index contributed by atoms with van der Waals surface area (Å²) >= 11 is 0. The maximum atomic E-state index is 12.9. The number of allylic oxidation sites excluding steroid dienone is 4. The van der Waals surface area contributed by atoms with E-state index in [-0.39, 0.29) is 32.2 Å². The van der Waals surface area contributed by atoms with Crippen molar-refractivity contribution in [3.05, 3.63) is 24.3 Å². The molecule has 2 atom stereocenters. The van der Waals surface area contributed by atoms with Gasteiger partial charge in [0.25, 0.3) is 6.29 Å². The Kier molecular flexibility index (Phi) is 62.0. The van der Waals surface area contributed by atoms with E-state index in [0.29, 0.717) is 17.4 Å². The number of rotatable bonds is 67. The van der Waals surface area contributed by atoms with Crippen molar-refractivity contribution < 1.29 is 42.9 Å². The van der Waals surface area contributed by atoms with Gasteiger partial charge in [0.05, 0.1) is 34.4 Å². The van der Waals surface area contributed by atoms with Crippen molar-refractivity contribution >= 4 is 17.9 Å². The molecule has 0 aliphatic heterocycles. The van der Waals surface area contributed by atoms with Crippen molar-refractivity contribution in [3.63, 3.8) is 0 Å². The average Bonchev–Trinajstić information content (AvgIpc) is 3.44. The monoisotopic (exact) mass is 1150 g/mol. The van der Waals surface area contributed by atoms with Crippen molar-refractivity contribution in [2.24, 2.45) is 0 Å². The van der Waals surface area contributed by atoms with Crippen molar-refractivity contribution in [2.45, 2.75) is 373 Å². The number of esters is 2. The van der Waals surface area contributed by atoms with Gasteiger partial charge in [-0.3, -0.25) is 9.59 Å². The Bertz CT molecular complexity index is 1380. The Balaban J connectivity index is 3.95. The zero-order valence-electron chi connectivity index (χ0n) is 54.7. The van der Waals surface area contributed by atoms with Crippen LogP contribution in [-0.4, -0.2) is 87.4 Å². The molecule has 0 fully saturated rings. The van der Waals surface area contributed by atoms with E-state index < -0.39 is 24.3 Å². The van der Waals surface area contributed by atoms with E-state index in [4.69, 9.17) is 18.9 Å². The molecule has 0 aromatic carbocycles. The predicted octanol–water partition coefficient (Wildman–Crippen LogP) is 21.8. The minimum Gasteiger partial charge on any atom is -0.477 e. The van der Waals surface area contributed by atoms with Crippen LogP contribution in [0.25, 0.3) is 0 Å². The normalized spacial score (nSPS) is 12.8. The van der Waals surface area contributed by atoms with Crippen molar-refractivity contribution in [1.29, 1.82) is 0 Å². The van der Waals surface area contributed by atoms with Crippen LogP contribution in [0.5, 0.6) is 0 Å². The molecule has 2 unspecified atom stereocenters. The van der Waals surface area contributed by atoms with Crippen LogP contribution >= 0.6 is 0 Å². The number of quaternary nitrogens is 1. The molecule has 0 heterocycles. The highest BCUT2D eigenvalue weighted by atomic mass is 16.7. The van der Waals surface area contributed by atoms with Gasteiger partial charge in [-0.05, 0) is 44.9 Å². The number of hydrogen-bond donors (Lipinski definition) is 1. The van der Waals surface area contributed by atoms with E-state index in [1.165, 1.54) is 283 Å². The lowest BCUT2D eigenvalue weighted by atomic mass is 10.0. The number of nitrogens with zero attached hydrogens (tertiary/aromatic N) is 1. The zero-order chi connectivity index (χ0) is 59.1. The molecule has 0 aliphatic rings. The van der Waals surface area contributed by atoms with E-state index in [0.717, 1.165) is 51.4 Å². The number of hydrogen-bond acceptors (Lipinski definition) is 7. The number of carbonyl (C=O) groups is 3. The highest BCUT2D eigenvalue weighted by Gasteiger charge is 2.25. The molecular formula is C72H138NO8+. The Morgan fingerprint density at radius 3 is 1.00 bits per heavy atom. The molecular weight excluding hydrogens is 1010 g/mol. The fourth-order valence-electron chi connectivity index (χ4n) is 10.8. The van der Waals surface area contributed by atoms with Gasteiger partial charge in [0.2, 0.25) is 0 Å². The van der Waals surface area contributed by atoms with Gasteiger partial charge in [0, 0.05) is 12.8 Å². The van der Waals surface area contributed by atoms with Gasteiger partial charge in [-0.25, -0.2) is 4.79 Å². The third-order valence-corrected chi connectivity index (χ3v) is 16.2. The van der Waals surface area contributed by atoms with Crippen LogP contribution in [0.15, 0.2) is 24.3 Å². The van der Waals surface area contributed by atoms with Crippen LogP contribution in [0.2, 0.25) is 0 Å². The maximum absolute atomic E-state index is 12.9. The number of aliphatic carboxylic acids is 1. The van der Waals surface area contributed by atoms with Crippen LogP contribution in [0, 0.1) is 0 Å². The maximum Gasteiger partial charge on any atom is 0.361 e. The summed E-state index contributed by atoms with van der Waals surface area (Å²) in [6.07, 6.45) is 76.0. The van der Waals surface area contributed by atoms with Crippen LogP contribution in [-0.2, 0) is 33.3 Å². The van der Waals surface area contributed by atoms with Crippen LogP contribution in [0.4, 0.5) is 0 Å². The average molecular weight is 1150 g/mol. The summed E-state index contributed by atoms with van der Waals surface area (Å²) < 4.78 is 23.0. The van der Waals surface area contributed by atoms with E-state index >= 15 is 0 Å². The summed E-state index contributed by atoms with van der Waals surface area (Å²) in [7, 11) is 5.98. The Hall–Kier alpha value is -2.23. The van der Waals surface area contributed by atoms with Gasteiger partial charge in [-0.2, -0.15) is 0 Å². The van der Waals surface area contributed by atoms with Crippen LogP contribution in [0.1, 0.15) is 361 Å². The highest BCUT2D eigenvalue weighted by molar-refractivity contribution is 5.71. The molecule has 0 aliphatic carbocycles. The predicted molar refractivity (Wildman–Crippen MR) is 346 cm³/mol. The summed E-state index contributed by atoms with van der Waals surface area (Å²) in [5.41, 5.74) is 0. The van der Waals surface area contributed by atoms with Crippen LogP contribution < -0.4 is 0 Å². The molecule has 0 aromatic heterocycles. The molecule has 0 bridgehead atoms. The van der Waals surface area contributed by atoms with Crippen molar-refractivity contribution in [1.82, 2.24) is 0 Å². The largest absolute Gasteiger partial charge is 0.477 e. The smallest absolute Gasteiger partial charge is 0.361 e. The first-order valence-electron chi connectivity index (χ1n) is 35.5. The number of carbonyl (C=O) groups excluding carboxylic acids is 2. The quantitative estimate of drug-likeness (QED) is 0.0211. The molecule has 0 spiro atoms. The topological polar surface area (TPSA) is 108 Å². The summed E-state index contributed by atoms with van der Waals surface area (Å²) in [5, 5.41) is 9.73. The van der Waals surface area contributed by atoms with E-state index in [2.05, 4.69) is 38.2 Å². The van der Waals surface area contributed by atoms with Crippen molar-refractivity contribution in [3.8, 4) is 0 Å². The molecule has 0 rings (SSSR count). The summed E-state index contributed by atoms with van der Waals surface area (Å²) in [4.78, 5) is 37.5. The van der Waals surface area contributed by atoms with Gasteiger partial charge in [0.1, 0.15) is 13.2 Å². The summed E-state index contributed by atoms with van der Waals surface area (Å²) in [5.74, 6) is -1.99. The third kappa shape index (κ3) is 65.2.